The van der Waals surface area contributed by atoms with Crippen LogP contribution in [0.3, 0.4) is 0 Å². The van der Waals surface area contributed by atoms with Crippen molar-refractivity contribution in [1.29, 1.82) is 0 Å². The first kappa shape index (κ1) is 14.9. The Hall–Kier alpha value is -0.120. The molecule has 102 valence electrons. The molecule has 1 saturated heterocycles. The predicted molar refractivity (Wildman–Crippen MR) is 71.4 cm³/mol. The van der Waals surface area contributed by atoms with Gasteiger partial charge in [-0.2, -0.15) is 0 Å². The second-order valence-electron chi connectivity index (χ2n) is 7.01. The van der Waals surface area contributed by atoms with Crippen molar-refractivity contribution in [1.82, 2.24) is 5.32 Å². The van der Waals surface area contributed by atoms with E-state index in [1.54, 1.807) is 0 Å². The molecule has 17 heavy (non-hydrogen) atoms. The van der Waals surface area contributed by atoms with Gasteiger partial charge in [0, 0.05) is 12.1 Å². The van der Waals surface area contributed by atoms with E-state index in [1.807, 2.05) is 0 Å². The smallest absolute Gasteiger partial charge is 0.0814 e. The van der Waals surface area contributed by atoms with Crippen LogP contribution in [0.5, 0.6) is 0 Å². The summed E-state index contributed by atoms with van der Waals surface area (Å²) >= 11 is 0. The van der Waals surface area contributed by atoms with E-state index in [9.17, 15) is 0 Å². The van der Waals surface area contributed by atoms with Crippen molar-refractivity contribution in [2.24, 2.45) is 0 Å². The lowest BCUT2D eigenvalue weighted by Gasteiger charge is -2.24. The van der Waals surface area contributed by atoms with E-state index in [2.05, 4.69) is 46.9 Å². The highest BCUT2D eigenvalue weighted by atomic mass is 16.6. The summed E-state index contributed by atoms with van der Waals surface area (Å²) in [5.74, 6) is 0. The molecule has 1 rings (SSSR count). The minimum absolute atomic E-state index is 0.0644. The second kappa shape index (κ2) is 5.68. The van der Waals surface area contributed by atoms with E-state index in [-0.39, 0.29) is 17.2 Å². The molecule has 0 bridgehead atoms. The van der Waals surface area contributed by atoms with Gasteiger partial charge in [0.15, 0.2) is 0 Å². The normalized spacial score (nSPS) is 26.5. The third-order valence-electron chi connectivity index (χ3n) is 2.76. The average Bonchev–Trinajstić information content (AvgIpc) is 2.57. The Morgan fingerprint density at radius 3 is 2.18 bits per heavy atom. The molecule has 0 aromatic carbocycles. The largest absolute Gasteiger partial charge is 0.373 e. The fourth-order valence-corrected chi connectivity index (χ4v) is 1.82. The molecule has 0 aromatic heterocycles. The number of ether oxygens (including phenoxy) is 2. The molecule has 0 saturated carbocycles. The van der Waals surface area contributed by atoms with Crippen molar-refractivity contribution in [3.63, 3.8) is 0 Å². The van der Waals surface area contributed by atoms with E-state index in [4.69, 9.17) is 9.47 Å². The van der Waals surface area contributed by atoms with Gasteiger partial charge in [0.2, 0.25) is 0 Å². The van der Waals surface area contributed by atoms with Crippen molar-refractivity contribution < 1.29 is 9.47 Å². The van der Waals surface area contributed by atoms with Crippen LogP contribution in [0.2, 0.25) is 0 Å². The number of nitrogens with one attached hydrogen (secondary N) is 1. The van der Waals surface area contributed by atoms with Gasteiger partial charge in [0.1, 0.15) is 0 Å². The summed E-state index contributed by atoms with van der Waals surface area (Å²) in [6.07, 6.45) is 2.89. The zero-order valence-corrected chi connectivity index (χ0v) is 12.3. The first-order chi connectivity index (χ1) is 7.66. The highest BCUT2D eigenvalue weighted by Crippen LogP contribution is 2.21. The number of hydrogen-bond donors (Lipinski definition) is 1. The molecular weight excluding hydrogens is 214 g/mol. The molecular formula is C14H29NO2. The fourth-order valence-electron chi connectivity index (χ4n) is 1.82. The molecule has 0 spiro atoms. The van der Waals surface area contributed by atoms with Gasteiger partial charge < -0.3 is 14.8 Å². The van der Waals surface area contributed by atoms with Crippen LogP contribution in [0.25, 0.3) is 0 Å². The van der Waals surface area contributed by atoms with Crippen LogP contribution in [-0.2, 0) is 9.47 Å². The van der Waals surface area contributed by atoms with E-state index in [0.29, 0.717) is 6.10 Å². The molecule has 2 atom stereocenters. The first-order valence-electron chi connectivity index (χ1n) is 6.70. The summed E-state index contributed by atoms with van der Waals surface area (Å²) in [4.78, 5) is 0. The summed E-state index contributed by atoms with van der Waals surface area (Å²) in [5, 5.41) is 3.49. The Bertz CT molecular complexity index is 203. The highest BCUT2D eigenvalue weighted by Gasteiger charge is 2.27. The minimum Gasteiger partial charge on any atom is -0.373 e. The number of hydrogen-bond acceptors (Lipinski definition) is 3. The third kappa shape index (κ3) is 7.02. The topological polar surface area (TPSA) is 30.5 Å². The van der Waals surface area contributed by atoms with Crippen LogP contribution >= 0.6 is 0 Å². The summed E-state index contributed by atoms with van der Waals surface area (Å²) in [5.41, 5.74) is 0.106. The average molecular weight is 243 g/mol. The maximum absolute atomic E-state index is 5.96. The van der Waals surface area contributed by atoms with Gasteiger partial charge in [-0.3, -0.25) is 0 Å². The van der Waals surface area contributed by atoms with Crippen LogP contribution in [0.1, 0.15) is 54.4 Å². The molecule has 1 aliphatic heterocycles. The third-order valence-corrected chi connectivity index (χ3v) is 2.76. The molecule has 0 amide bonds. The molecule has 3 heteroatoms. The summed E-state index contributed by atoms with van der Waals surface area (Å²) in [6.45, 7) is 14.5. The van der Waals surface area contributed by atoms with E-state index < -0.39 is 0 Å². The molecule has 1 heterocycles. The molecule has 1 N–H and O–H groups in total. The Balaban J connectivity index is 2.19. The van der Waals surface area contributed by atoms with Crippen molar-refractivity contribution in [3.05, 3.63) is 0 Å². The van der Waals surface area contributed by atoms with Gasteiger partial charge in [-0.05, 0) is 54.4 Å². The molecule has 0 aromatic rings. The molecule has 2 unspecified atom stereocenters. The van der Waals surface area contributed by atoms with Gasteiger partial charge >= 0.3 is 0 Å². The van der Waals surface area contributed by atoms with Crippen LogP contribution in [-0.4, -0.2) is 36.5 Å². The van der Waals surface area contributed by atoms with Gasteiger partial charge in [0.05, 0.1) is 24.4 Å². The van der Waals surface area contributed by atoms with E-state index >= 15 is 0 Å². The first-order valence-corrected chi connectivity index (χ1v) is 6.70. The SMILES string of the molecule is CC(C)(C)NCC1CCC(COC(C)(C)C)O1. The zero-order valence-electron chi connectivity index (χ0n) is 12.3. The monoisotopic (exact) mass is 243 g/mol. The molecule has 0 radical (unpaired) electrons. The van der Waals surface area contributed by atoms with Crippen LogP contribution in [0, 0.1) is 0 Å². The molecule has 1 aliphatic rings. The quantitative estimate of drug-likeness (QED) is 0.823. The van der Waals surface area contributed by atoms with Gasteiger partial charge in [-0.1, -0.05) is 0 Å². The van der Waals surface area contributed by atoms with Crippen molar-refractivity contribution in [3.8, 4) is 0 Å². The Morgan fingerprint density at radius 1 is 1.06 bits per heavy atom. The van der Waals surface area contributed by atoms with E-state index in [1.165, 1.54) is 0 Å². The second-order valence-corrected chi connectivity index (χ2v) is 7.01. The van der Waals surface area contributed by atoms with Crippen LogP contribution in [0.15, 0.2) is 0 Å². The van der Waals surface area contributed by atoms with Gasteiger partial charge in [-0.15, -0.1) is 0 Å². The Labute approximate surface area is 106 Å². The van der Waals surface area contributed by atoms with Crippen molar-refractivity contribution in [2.45, 2.75) is 77.7 Å². The minimum atomic E-state index is -0.0644. The lowest BCUT2D eigenvalue weighted by molar-refractivity contribution is -0.0692. The number of rotatable bonds is 4. The van der Waals surface area contributed by atoms with Crippen LogP contribution < -0.4 is 5.32 Å². The molecule has 1 fully saturated rings. The summed E-state index contributed by atoms with van der Waals surface area (Å²) < 4.78 is 11.7. The molecule has 3 nitrogen and oxygen atoms in total. The fraction of sp³-hybridized carbons (Fsp3) is 1.00. The van der Waals surface area contributed by atoms with Crippen molar-refractivity contribution in [2.75, 3.05) is 13.2 Å². The maximum atomic E-state index is 5.96. The summed E-state index contributed by atoms with van der Waals surface area (Å²) in [7, 11) is 0. The van der Waals surface area contributed by atoms with Crippen LogP contribution in [0.4, 0.5) is 0 Å². The lowest BCUT2D eigenvalue weighted by Crippen LogP contribution is -2.41. The lowest BCUT2D eigenvalue weighted by atomic mass is 10.1. The van der Waals surface area contributed by atoms with E-state index in [0.717, 1.165) is 26.0 Å². The Kier molecular flexibility index (Phi) is 4.99. The standard InChI is InChI=1S/C14H29NO2/c1-13(2,3)15-9-11-7-8-12(17-11)10-16-14(4,5)6/h11-12,15H,7-10H2,1-6H3. The maximum Gasteiger partial charge on any atom is 0.0814 e. The summed E-state index contributed by atoms with van der Waals surface area (Å²) in [6, 6.07) is 0. The predicted octanol–water partition coefficient (Wildman–Crippen LogP) is 2.74. The van der Waals surface area contributed by atoms with Crippen molar-refractivity contribution >= 4 is 0 Å². The molecule has 0 aliphatic carbocycles. The zero-order chi connectivity index (χ0) is 13.1. The Morgan fingerprint density at radius 2 is 1.65 bits per heavy atom. The van der Waals surface area contributed by atoms with Gasteiger partial charge in [0.25, 0.3) is 0 Å². The highest BCUT2D eigenvalue weighted by molar-refractivity contribution is 4.79. The van der Waals surface area contributed by atoms with Gasteiger partial charge in [-0.25, -0.2) is 0 Å².